The predicted octanol–water partition coefficient (Wildman–Crippen LogP) is 2.37. The fourth-order valence-electron chi connectivity index (χ4n) is 1.19. The lowest BCUT2D eigenvalue weighted by Gasteiger charge is -2.24. The molecule has 0 saturated carbocycles. The summed E-state index contributed by atoms with van der Waals surface area (Å²) in [4.78, 5) is 26.7. The second-order valence-electron chi connectivity index (χ2n) is 3.92. The van der Waals surface area contributed by atoms with Gasteiger partial charge in [0, 0.05) is 0 Å². The van der Waals surface area contributed by atoms with Crippen molar-refractivity contribution in [3.63, 3.8) is 0 Å². The van der Waals surface area contributed by atoms with Crippen LogP contribution in [0, 0.1) is 0 Å². The molecule has 1 amide bonds. The molecule has 0 spiro atoms. The fourth-order valence-corrected chi connectivity index (χ4v) is 1.62. The fraction of sp³-hybridized carbons (Fsp3) is 0.364. The van der Waals surface area contributed by atoms with Crippen LogP contribution in [0.4, 0.5) is 0 Å². The Bertz CT molecular complexity index is 493. The van der Waals surface area contributed by atoms with Crippen molar-refractivity contribution in [3.8, 4) is 0 Å². The third-order valence-corrected chi connectivity index (χ3v) is 3.13. The lowest BCUT2D eigenvalue weighted by molar-refractivity contribution is -0.143. The Morgan fingerprint density at radius 1 is 1.44 bits per heavy atom. The van der Waals surface area contributed by atoms with E-state index in [9.17, 15) is 9.59 Å². The zero-order valence-electron chi connectivity index (χ0n) is 9.83. The van der Waals surface area contributed by atoms with Gasteiger partial charge in [0.1, 0.15) is 15.8 Å². The number of aromatic nitrogens is 1. The number of carbonyl (C=O) groups is 2. The molecule has 0 radical (unpaired) electrons. The van der Waals surface area contributed by atoms with Gasteiger partial charge in [-0.1, -0.05) is 30.1 Å². The van der Waals surface area contributed by atoms with Gasteiger partial charge in [-0.3, -0.25) is 4.79 Å². The summed E-state index contributed by atoms with van der Waals surface area (Å²) in [5, 5.41) is 11.6. The number of amides is 1. The van der Waals surface area contributed by atoms with Gasteiger partial charge in [0.15, 0.2) is 0 Å². The number of nitrogens with one attached hydrogen (secondary N) is 1. The molecular formula is C11H12Cl2N2O3. The minimum atomic E-state index is -1.35. The summed E-state index contributed by atoms with van der Waals surface area (Å²) in [6, 6.07) is 2.80. The van der Waals surface area contributed by atoms with E-state index in [2.05, 4.69) is 10.3 Å². The normalized spacial score (nSPS) is 13.8. The Kier molecular flexibility index (Phi) is 4.53. The van der Waals surface area contributed by atoms with E-state index in [1.54, 1.807) is 6.92 Å². The highest BCUT2D eigenvalue weighted by atomic mass is 35.5. The first-order chi connectivity index (χ1) is 8.30. The monoisotopic (exact) mass is 290 g/mol. The first kappa shape index (κ1) is 14.7. The number of carboxylic acids is 1. The molecule has 18 heavy (non-hydrogen) atoms. The Hall–Kier alpha value is -1.33. The average molecular weight is 291 g/mol. The van der Waals surface area contributed by atoms with Gasteiger partial charge >= 0.3 is 5.97 Å². The van der Waals surface area contributed by atoms with Crippen molar-refractivity contribution in [3.05, 3.63) is 28.0 Å². The van der Waals surface area contributed by atoms with E-state index in [1.807, 2.05) is 0 Å². The SMILES string of the molecule is CCC(C)(NC(=O)c1ccc(Cl)nc1Cl)C(=O)O. The molecule has 0 aliphatic heterocycles. The molecule has 0 aromatic carbocycles. The van der Waals surface area contributed by atoms with Gasteiger partial charge in [0.25, 0.3) is 5.91 Å². The molecule has 1 rings (SSSR count). The van der Waals surface area contributed by atoms with Crippen LogP contribution in [-0.4, -0.2) is 27.5 Å². The Labute approximate surface area is 114 Å². The van der Waals surface area contributed by atoms with Crippen LogP contribution in [0.2, 0.25) is 10.3 Å². The van der Waals surface area contributed by atoms with Crippen molar-refractivity contribution < 1.29 is 14.7 Å². The highest BCUT2D eigenvalue weighted by molar-refractivity contribution is 6.34. The number of hydrogen-bond donors (Lipinski definition) is 2. The molecule has 7 heteroatoms. The average Bonchev–Trinajstić information content (AvgIpc) is 2.28. The van der Waals surface area contributed by atoms with Gasteiger partial charge in [-0.15, -0.1) is 0 Å². The van der Waals surface area contributed by atoms with E-state index in [4.69, 9.17) is 28.3 Å². The number of carboxylic acid groups (broad SMARTS) is 1. The second-order valence-corrected chi connectivity index (χ2v) is 4.66. The van der Waals surface area contributed by atoms with E-state index >= 15 is 0 Å². The van der Waals surface area contributed by atoms with Crippen LogP contribution in [0.5, 0.6) is 0 Å². The van der Waals surface area contributed by atoms with Gasteiger partial charge in [-0.2, -0.15) is 0 Å². The summed E-state index contributed by atoms with van der Waals surface area (Å²) in [6.07, 6.45) is 0.243. The minimum absolute atomic E-state index is 0.0659. The molecule has 0 saturated heterocycles. The summed E-state index contributed by atoms with van der Waals surface area (Å²) in [5.41, 5.74) is -1.26. The summed E-state index contributed by atoms with van der Waals surface area (Å²) in [5.74, 6) is -1.72. The third kappa shape index (κ3) is 3.11. The van der Waals surface area contributed by atoms with Crippen LogP contribution >= 0.6 is 23.2 Å². The van der Waals surface area contributed by atoms with Crippen molar-refractivity contribution >= 4 is 35.1 Å². The van der Waals surface area contributed by atoms with Crippen LogP contribution in [0.1, 0.15) is 30.6 Å². The first-order valence-electron chi connectivity index (χ1n) is 5.18. The van der Waals surface area contributed by atoms with Crippen LogP contribution in [-0.2, 0) is 4.79 Å². The van der Waals surface area contributed by atoms with E-state index in [0.717, 1.165) is 0 Å². The number of halogens is 2. The zero-order chi connectivity index (χ0) is 13.9. The molecular weight excluding hydrogens is 279 g/mol. The van der Waals surface area contributed by atoms with Crippen molar-refractivity contribution in [2.75, 3.05) is 0 Å². The third-order valence-electron chi connectivity index (χ3n) is 2.63. The van der Waals surface area contributed by atoms with Gasteiger partial charge in [-0.05, 0) is 25.5 Å². The lowest BCUT2D eigenvalue weighted by atomic mass is 9.99. The highest BCUT2D eigenvalue weighted by Crippen LogP contribution is 2.18. The lowest BCUT2D eigenvalue weighted by Crippen LogP contribution is -2.51. The number of nitrogens with zero attached hydrogens (tertiary/aromatic N) is 1. The molecule has 98 valence electrons. The number of aliphatic carboxylic acids is 1. The smallest absolute Gasteiger partial charge is 0.329 e. The van der Waals surface area contributed by atoms with E-state index in [1.165, 1.54) is 19.1 Å². The molecule has 0 aliphatic carbocycles. The van der Waals surface area contributed by atoms with Crippen LogP contribution in [0.3, 0.4) is 0 Å². The summed E-state index contributed by atoms with van der Waals surface area (Å²) >= 11 is 11.4. The van der Waals surface area contributed by atoms with Gasteiger partial charge in [0.2, 0.25) is 0 Å². The van der Waals surface area contributed by atoms with Crippen LogP contribution < -0.4 is 5.32 Å². The Morgan fingerprint density at radius 2 is 2.06 bits per heavy atom. The first-order valence-corrected chi connectivity index (χ1v) is 5.93. The molecule has 1 aromatic rings. The van der Waals surface area contributed by atoms with Crippen molar-refractivity contribution in [2.45, 2.75) is 25.8 Å². The predicted molar refractivity (Wildman–Crippen MR) is 68.1 cm³/mol. The van der Waals surface area contributed by atoms with E-state index in [0.29, 0.717) is 0 Å². The van der Waals surface area contributed by atoms with Crippen LogP contribution in [0.25, 0.3) is 0 Å². The molecule has 0 aliphatic rings. The molecule has 0 bridgehead atoms. The van der Waals surface area contributed by atoms with Crippen molar-refractivity contribution in [2.24, 2.45) is 0 Å². The Balaban J connectivity index is 2.98. The van der Waals surface area contributed by atoms with Gasteiger partial charge in [-0.25, -0.2) is 9.78 Å². The van der Waals surface area contributed by atoms with E-state index in [-0.39, 0.29) is 22.3 Å². The summed E-state index contributed by atoms with van der Waals surface area (Å²) in [7, 11) is 0. The Morgan fingerprint density at radius 3 is 2.50 bits per heavy atom. The summed E-state index contributed by atoms with van der Waals surface area (Å²) in [6.45, 7) is 3.08. The maximum absolute atomic E-state index is 11.9. The molecule has 1 heterocycles. The molecule has 2 N–H and O–H groups in total. The zero-order valence-corrected chi connectivity index (χ0v) is 11.3. The molecule has 0 fully saturated rings. The van der Waals surface area contributed by atoms with Crippen molar-refractivity contribution in [1.29, 1.82) is 0 Å². The standard InChI is InChI=1S/C11H12Cl2N2O3/c1-3-11(2,10(17)18)15-9(16)6-4-5-7(12)14-8(6)13/h4-5H,3H2,1-2H3,(H,15,16)(H,17,18). The quantitative estimate of drug-likeness (QED) is 0.835. The topological polar surface area (TPSA) is 79.3 Å². The highest BCUT2D eigenvalue weighted by Gasteiger charge is 2.33. The number of carbonyl (C=O) groups excluding carboxylic acids is 1. The van der Waals surface area contributed by atoms with Crippen LogP contribution in [0.15, 0.2) is 12.1 Å². The molecule has 1 unspecified atom stereocenters. The molecule has 1 atom stereocenters. The molecule has 5 nitrogen and oxygen atoms in total. The maximum Gasteiger partial charge on any atom is 0.329 e. The molecule has 1 aromatic heterocycles. The summed E-state index contributed by atoms with van der Waals surface area (Å²) < 4.78 is 0. The largest absolute Gasteiger partial charge is 0.480 e. The number of rotatable bonds is 4. The van der Waals surface area contributed by atoms with Gasteiger partial charge in [0.05, 0.1) is 5.56 Å². The maximum atomic E-state index is 11.9. The minimum Gasteiger partial charge on any atom is -0.480 e. The van der Waals surface area contributed by atoms with E-state index < -0.39 is 17.4 Å². The number of pyridine rings is 1. The van der Waals surface area contributed by atoms with Gasteiger partial charge < -0.3 is 10.4 Å². The van der Waals surface area contributed by atoms with Crippen molar-refractivity contribution in [1.82, 2.24) is 10.3 Å². The second kappa shape index (κ2) is 5.54. The number of hydrogen-bond acceptors (Lipinski definition) is 3.